The first-order chi connectivity index (χ1) is 30.4. The van der Waals surface area contributed by atoms with Crippen molar-refractivity contribution in [1.82, 2.24) is 4.57 Å². The van der Waals surface area contributed by atoms with E-state index in [-0.39, 0.29) is 11.3 Å². The first kappa shape index (κ1) is 36.6. The molecule has 0 bridgehead atoms. The highest BCUT2D eigenvalue weighted by atomic mass is 16.3. The largest absolute Gasteiger partial charge is 0.504 e. The summed E-state index contributed by atoms with van der Waals surface area (Å²) >= 11 is 0. The van der Waals surface area contributed by atoms with Gasteiger partial charge in [-0.05, 0) is 83.3 Å². The number of anilines is 3. The maximum absolute atomic E-state index is 11.9. The zero-order valence-corrected chi connectivity index (χ0v) is 33.3. The number of aromatic nitrogens is 1. The molecule has 4 N–H and O–H groups in total. The van der Waals surface area contributed by atoms with Crippen molar-refractivity contribution in [3.05, 3.63) is 200 Å². The van der Waals surface area contributed by atoms with E-state index in [1.165, 1.54) is 10.8 Å². The number of phenolic OH excluding ortho intramolecular Hbond substituents is 4. The molecule has 0 aliphatic heterocycles. The molecule has 8 aromatic carbocycles. The Bertz CT molecular complexity index is 3400. The summed E-state index contributed by atoms with van der Waals surface area (Å²) in [5.41, 5.74) is 9.91. The Morgan fingerprint density at radius 1 is 0.500 bits per heavy atom. The Labute approximate surface area is 356 Å². The van der Waals surface area contributed by atoms with Crippen molar-refractivity contribution in [2.45, 2.75) is 6.42 Å². The molecule has 0 atom stereocenters. The van der Waals surface area contributed by atoms with E-state index in [0.717, 1.165) is 60.9 Å². The number of hydrogen-bond acceptors (Lipinski definition) is 6. The summed E-state index contributed by atoms with van der Waals surface area (Å²) in [6, 6.07) is 54.7. The zero-order chi connectivity index (χ0) is 41.9. The van der Waals surface area contributed by atoms with Crippen molar-refractivity contribution in [3.8, 4) is 50.9 Å². The summed E-state index contributed by atoms with van der Waals surface area (Å²) in [6.45, 7) is 0. The van der Waals surface area contributed by atoms with Crippen LogP contribution in [0.25, 0.3) is 77.3 Å². The third-order valence-corrected chi connectivity index (χ3v) is 11.8. The molecule has 1 aliphatic carbocycles. The molecular formula is C55H38N2O5. The Morgan fingerprint density at radius 3 is 1.79 bits per heavy atom. The van der Waals surface area contributed by atoms with E-state index in [2.05, 4.69) is 83.4 Å². The number of aromatic hydroxyl groups is 4. The van der Waals surface area contributed by atoms with E-state index in [1.54, 1.807) is 23.1 Å². The predicted molar refractivity (Wildman–Crippen MR) is 251 cm³/mol. The summed E-state index contributed by atoms with van der Waals surface area (Å²) in [5.74, 6) is -2.29. The lowest BCUT2D eigenvalue weighted by atomic mass is 9.98. The first-order valence-electron chi connectivity index (χ1n) is 20.5. The molecule has 7 heteroatoms. The number of phenols is 4. The van der Waals surface area contributed by atoms with E-state index >= 15 is 0 Å². The molecule has 0 radical (unpaired) electrons. The quantitative estimate of drug-likeness (QED) is 0.0945. The Hall–Kier alpha value is -8.42. The zero-order valence-electron chi connectivity index (χ0n) is 33.3. The van der Waals surface area contributed by atoms with E-state index < -0.39 is 23.0 Å². The highest BCUT2D eigenvalue weighted by Gasteiger charge is 2.30. The second-order valence-corrected chi connectivity index (χ2v) is 15.4. The Kier molecular flexibility index (Phi) is 8.68. The molecule has 0 spiro atoms. The average Bonchev–Trinajstić information content (AvgIpc) is 3.74. The van der Waals surface area contributed by atoms with Crippen LogP contribution in [-0.2, 0) is 0 Å². The van der Waals surface area contributed by atoms with Crippen molar-refractivity contribution in [1.29, 1.82) is 0 Å². The topological polar surface area (TPSA) is 102 Å². The van der Waals surface area contributed by atoms with Gasteiger partial charge in [-0.2, -0.15) is 0 Å². The standard InChI is InChI=1S/C55H38N2O5/c58-51-49(36-13-3-1-2-4-14-36)52(59)54(61)50(53(51)60)56(39-31-27-35(28-32-39)41-20-12-21-45-44-19-7-10-24-48(44)62-55(41)45)38-29-25-34(26-30-38)37-15-11-16-40(33-37)57-46-22-8-5-17-42(46)43-18-6-9-23-47(43)57/h1,3-33,58-61H,2H2. The lowest BCUT2D eigenvalue weighted by molar-refractivity contribution is 0.373. The van der Waals surface area contributed by atoms with E-state index in [4.69, 9.17) is 4.42 Å². The van der Waals surface area contributed by atoms with E-state index in [9.17, 15) is 20.4 Å². The molecule has 62 heavy (non-hydrogen) atoms. The molecule has 0 unspecified atom stereocenters. The fourth-order valence-corrected chi connectivity index (χ4v) is 8.92. The number of hydrogen-bond donors (Lipinski definition) is 4. The van der Waals surface area contributed by atoms with Crippen molar-refractivity contribution in [3.63, 3.8) is 0 Å². The van der Waals surface area contributed by atoms with Crippen molar-refractivity contribution in [2.24, 2.45) is 0 Å². The summed E-state index contributed by atoms with van der Waals surface area (Å²) in [7, 11) is 0. The molecule has 1 aliphatic rings. The fraction of sp³-hybridized carbons (Fsp3) is 0.0182. The van der Waals surface area contributed by atoms with Crippen molar-refractivity contribution in [2.75, 3.05) is 4.90 Å². The minimum absolute atomic E-state index is 0.0701. The Balaban J connectivity index is 1.03. The molecule has 11 rings (SSSR count). The molecule has 0 saturated carbocycles. The maximum atomic E-state index is 11.9. The van der Waals surface area contributed by atoms with Crippen molar-refractivity contribution < 1.29 is 24.8 Å². The normalized spacial score (nSPS) is 12.7. The molecule has 298 valence electrons. The number of rotatable bonds is 7. The van der Waals surface area contributed by atoms with Crippen LogP contribution < -0.4 is 4.90 Å². The van der Waals surface area contributed by atoms with E-state index in [0.29, 0.717) is 23.4 Å². The molecule has 0 fully saturated rings. The molecular weight excluding hydrogens is 769 g/mol. The average molecular weight is 807 g/mol. The minimum atomic E-state index is -0.586. The second-order valence-electron chi connectivity index (χ2n) is 15.4. The van der Waals surface area contributed by atoms with Crippen LogP contribution in [-0.4, -0.2) is 25.0 Å². The fourth-order valence-electron chi connectivity index (χ4n) is 8.92. The maximum Gasteiger partial charge on any atom is 0.186 e. The van der Waals surface area contributed by atoms with Gasteiger partial charge in [0.15, 0.2) is 23.0 Å². The number of nitrogens with zero attached hydrogens (tertiary/aromatic N) is 2. The van der Waals surface area contributed by atoms with Gasteiger partial charge >= 0.3 is 0 Å². The number of fused-ring (bicyclic) bond motifs is 6. The van der Waals surface area contributed by atoms with Crippen molar-refractivity contribution >= 4 is 66.4 Å². The predicted octanol–water partition coefficient (Wildman–Crippen LogP) is 14.2. The van der Waals surface area contributed by atoms with Gasteiger partial charge in [-0.1, -0.05) is 140 Å². The van der Waals surface area contributed by atoms with E-state index in [1.807, 2.05) is 97.1 Å². The third-order valence-electron chi connectivity index (χ3n) is 11.8. The SMILES string of the molecule is Oc1c(O)c(N(c2ccc(-c3cccc(-n4c5ccccc5c5ccccc54)c3)cc2)c2ccc(-c3cccc4c3oc3ccccc34)cc2)c(O)c(O)c1C1=CC=CCC=C1. The number of furan rings is 1. The molecule has 10 aromatic rings. The molecule has 2 aromatic heterocycles. The van der Waals surface area contributed by atoms with Gasteiger partial charge in [-0.15, -0.1) is 0 Å². The molecule has 0 saturated heterocycles. The van der Waals surface area contributed by atoms with Gasteiger partial charge in [0.25, 0.3) is 0 Å². The lowest BCUT2D eigenvalue weighted by Gasteiger charge is -2.28. The summed E-state index contributed by atoms with van der Waals surface area (Å²) < 4.78 is 8.63. The van der Waals surface area contributed by atoms with Crippen LogP contribution in [0.5, 0.6) is 23.0 Å². The highest BCUT2D eigenvalue weighted by molar-refractivity contribution is 6.10. The summed E-state index contributed by atoms with van der Waals surface area (Å²) in [5, 5.41) is 51.3. The second kappa shape index (κ2) is 14.7. The highest BCUT2D eigenvalue weighted by Crippen LogP contribution is 2.57. The van der Waals surface area contributed by atoms with Gasteiger partial charge < -0.3 is 34.3 Å². The van der Waals surface area contributed by atoms with Crippen LogP contribution in [0.3, 0.4) is 0 Å². The summed E-state index contributed by atoms with van der Waals surface area (Å²) in [6.07, 6.45) is 9.71. The van der Waals surface area contributed by atoms with Crippen LogP contribution in [0.4, 0.5) is 17.1 Å². The van der Waals surface area contributed by atoms with Crippen LogP contribution in [0.1, 0.15) is 12.0 Å². The van der Waals surface area contributed by atoms with Crippen LogP contribution in [0, 0.1) is 0 Å². The number of allylic oxidation sites excluding steroid dienone is 6. The van der Waals surface area contributed by atoms with Crippen LogP contribution in [0.2, 0.25) is 0 Å². The number of benzene rings is 8. The minimum Gasteiger partial charge on any atom is -0.504 e. The van der Waals surface area contributed by atoms with Gasteiger partial charge in [0, 0.05) is 44.2 Å². The molecule has 0 amide bonds. The number of para-hydroxylation sites is 4. The molecule has 2 heterocycles. The van der Waals surface area contributed by atoms with Gasteiger partial charge in [0.2, 0.25) is 0 Å². The first-order valence-corrected chi connectivity index (χ1v) is 20.5. The monoisotopic (exact) mass is 806 g/mol. The van der Waals surface area contributed by atoms with Gasteiger partial charge in [-0.3, -0.25) is 0 Å². The van der Waals surface area contributed by atoms with Crippen LogP contribution >= 0.6 is 0 Å². The smallest absolute Gasteiger partial charge is 0.186 e. The lowest BCUT2D eigenvalue weighted by Crippen LogP contribution is -2.11. The van der Waals surface area contributed by atoms with Gasteiger partial charge in [0.1, 0.15) is 16.9 Å². The Morgan fingerprint density at radius 2 is 1.10 bits per heavy atom. The van der Waals surface area contributed by atoms with Gasteiger partial charge in [0.05, 0.1) is 16.6 Å². The summed E-state index contributed by atoms with van der Waals surface area (Å²) in [4.78, 5) is 1.63. The third kappa shape index (κ3) is 5.90. The molecule has 7 nitrogen and oxygen atoms in total. The van der Waals surface area contributed by atoms with Crippen LogP contribution in [0.15, 0.2) is 199 Å². The van der Waals surface area contributed by atoms with Gasteiger partial charge in [-0.25, -0.2) is 0 Å².